The van der Waals surface area contributed by atoms with Crippen LogP contribution in [0.2, 0.25) is 0 Å². The van der Waals surface area contributed by atoms with E-state index in [1.54, 1.807) is 13.3 Å². The Morgan fingerprint density at radius 2 is 1.70 bits per heavy atom. The van der Waals surface area contributed by atoms with Crippen molar-refractivity contribution in [3.63, 3.8) is 0 Å². The molecule has 0 aliphatic heterocycles. The van der Waals surface area contributed by atoms with E-state index in [2.05, 4.69) is 72.3 Å². The zero-order valence-corrected chi connectivity index (χ0v) is 21.6. The zero-order chi connectivity index (χ0) is 21.2. The predicted molar refractivity (Wildman–Crippen MR) is 137 cm³/mol. The second-order valence-corrected chi connectivity index (χ2v) is 7.96. The van der Waals surface area contributed by atoms with Crippen LogP contribution in [0.5, 0.6) is 0 Å². The molecule has 168 valence electrons. The number of halogens is 1. The largest absolute Gasteiger partial charge is 0.444 e. The van der Waals surface area contributed by atoms with Gasteiger partial charge >= 0.3 is 0 Å². The third-order valence-corrected chi connectivity index (χ3v) is 4.96. The first kappa shape index (κ1) is 26.4. The molecule has 7 heteroatoms. The summed E-state index contributed by atoms with van der Waals surface area (Å²) in [5.74, 6) is 1.50. The molecule has 1 aromatic carbocycles. The van der Waals surface area contributed by atoms with Gasteiger partial charge in [0.25, 0.3) is 0 Å². The van der Waals surface area contributed by atoms with Crippen molar-refractivity contribution in [1.82, 2.24) is 20.5 Å². The van der Waals surface area contributed by atoms with Crippen molar-refractivity contribution in [3.05, 3.63) is 41.8 Å². The average molecular weight is 527 g/mol. The molecule has 2 rings (SSSR count). The number of aromatic nitrogens is 1. The third-order valence-electron chi connectivity index (χ3n) is 4.96. The normalized spacial score (nSPS) is 11.8. The van der Waals surface area contributed by atoms with E-state index in [9.17, 15) is 0 Å². The van der Waals surface area contributed by atoms with Gasteiger partial charge in [-0.05, 0) is 53.2 Å². The molecule has 0 spiro atoms. The van der Waals surface area contributed by atoms with Crippen LogP contribution in [0, 0.1) is 6.92 Å². The summed E-state index contributed by atoms with van der Waals surface area (Å²) in [5, 5.41) is 6.75. The van der Waals surface area contributed by atoms with Gasteiger partial charge in [0.05, 0.1) is 5.69 Å². The van der Waals surface area contributed by atoms with Gasteiger partial charge in [0.15, 0.2) is 5.96 Å². The molecule has 0 radical (unpaired) electrons. The van der Waals surface area contributed by atoms with Crippen LogP contribution >= 0.6 is 24.0 Å². The Hall–Kier alpha value is -1.61. The summed E-state index contributed by atoms with van der Waals surface area (Å²) in [6, 6.07) is 9.35. The number of oxazole rings is 1. The van der Waals surface area contributed by atoms with Gasteiger partial charge in [-0.1, -0.05) is 17.7 Å². The molecular weight excluding hydrogens is 489 g/mol. The van der Waals surface area contributed by atoms with Crippen LogP contribution in [0.15, 0.2) is 39.9 Å². The van der Waals surface area contributed by atoms with Crippen molar-refractivity contribution in [2.24, 2.45) is 4.99 Å². The van der Waals surface area contributed by atoms with Crippen LogP contribution in [0.25, 0.3) is 11.5 Å². The number of nitrogens with zero attached hydrogens (tertiary/aromatic N) is 3. The Bertz CT molecular complexity index is 747. The summed E-state index contributed by atoms with van der Waals surface area (Å²) >= 11 is 0. The molecule has 0 amide bonds. The van der Waals surface area contributed by atoms with E-state index in [4.69, 9.17) is 4.42 Å². The van der Waals surface area contributed by atoms with E-state index in [0.29, 0.717) is 18.0 Å². The fourth-order valence-electron chi connectivity index (χ4n) is 3.36. The molecule has 0 saturated carbocycles. The van der Waals surface area contributed by atoms with Crippen LogP contribution in [0.3, 0.4) is 0 Å². The lowest BCUT2D eigenvalue weighted by Gasteiger charge is -2.30. The molecule has 0 bridgehead atoms. The minimum Gasteiger partial charge on any atom is -0.444 e. The van der Waals surface area contributed by atoms with Crippen molar-refractivity contribution >= 4 is 29.9 Å². The van der Waals surface area contributed by atoms with E-state index in [0.717, 1.165) is 49.7 Å². The lowest BCUT2D eigenvalue weighted by molar-refractivity contribution is 0.173. The minimum atomic E-state index is 0. The van der Waals surface area contributed by atoms with E-state index >= 15 is 0 Å². The molecule has 1 heterocycles. The summed E-state index contributed by atoms with van der Waals surface area (Å²) in [7, 11) is 1.80. The maximum atomic E-state index is 5.63. The Balaban J connectivity index is 0.00000450. The van der Waals surface area contributed by atoms with E-state index < -0.39 is 0 Å². The van der Waals surface area contributed by atoms with Crippen LogP contribution in [0.4, 0.5) is 0 Å². The summed E-state index contributed by atoms with van der Waals surface area (Å²) in [5.41, 5.74) is 3.17. The first-order valence-corrected chi connectivity index (χ1v) is 10.6. The topological polar surface area (TPSA) is 65.7 Å². The van der Waals surface area contributed by atoms with Crippen LogP contribution in [0.1, 0.15) is 45.4 Å². The number of rotatable bonds is 10. The average Bonchev–Trinajstić information content (AvgIpc) is 3.15. The van der Waals surface area contributed by atoms with Gasteiger partial charge in [0.2, 0.25) is 5.89 Å². The summed E-state index contributed by atoms with van der Waals surface area (Å²) in [4.78, 5) is 11.4. The minimum absolute atomic E-state index is 0. The number of aliphatic imine (C=N–C) groups is 1. The van der Waals surface area contributed by atoms with Crippen molar-refractivity contribution in [2.75, 3.05) is 26.7 Å². The highest BCUT2D eigenvalue weighted by molar-refractivity contribution is 14.0. The summed E-state index contributed by atoms with van der Waals surface area (Å²) in [6.45, 7) is 13.8. The summed E-state index contributed by atoms with van der Waals surface area (Å²) < 4.78 is 5.63. The molecule has 0 unspecified atom stereocenters. The number of hydrogen-bond acceptors (Lipinski definition) is 4. The number of benzene rings is 1. The van der Waals surface area contributed by atoms with Gasteiger partial charge in [-0.2, -0.15) is 0 Å². The molecule has 0 saturated heterocycles. The molecule has 1 aromatic heterocycles. The lowest BCUT2D eigenvalue weighted by Crippen LogP contribution is -2.41. The molecule has 0 aliphatic rings. The second kappa shape index (κ2) is 13.6. The Morgan fingerprint density at radius 1 is 1.07 bits per heavy atom. The molecule has 0 aliphatic carbocycles. The van der Waals surface area contributed by atoms with Gasteiger partial charge in [-0.25, -0.2) is 4.98 Å². The smallest absolute Gasteiger partial charge is 0.226 e. The number of nitrogens with one attached hydrogen (secondary N) is 2. The molecule has 0 fully saturated rings. The number of guanidine groups is 1. The van der Waals surface area contributed by atoms with Crippen molar-refractivity contribution in [1.29, 1.82) is 0 Å². The fourth-order valence-corrected chi connectivity index (χ4v) is 3.36. The third kappa shape index (κ3) is 8.63. The first-order valence-electron chi connectivity index (χ1n) is 10.6. The highest BCUT2D eigenvalue weighted by atomic mass is 127. The summed E-state index contributed by atoms with van der Waals surface area (Å²) in [6.07, 6.45) is 3.60. The second-order valence-electron chi connectivity index (χ2n) is 7.96. The molecule has 2 N–H and O–H groups in total. The quantitative estimate of drug-likeness (QED) is 0.207. The van der Waals surface area contributed by atoms with Crippen molar-refractivity contribution < 1.29 is 4.42 Å². The van der Waals surface area contributed by atoms with Gasteiger partial charge in [-0.15, -0.1) is 24.0 Å². The van der Waals surface area contributed by atoms with E-state index in [1.807, 2.05) is 12.1 Å². The van der Waals surface area contributed by atoms with Gasteiger partial charge in [-0.3, -0.25) is 9.89 Å². The molecular formula is C23H38IN5O. The zero-order valence-electron chi connectivity index (χ0n) is 19.2. The molecule has 6 nitrogen and oxygen atoms in total. The number of aryl methyl sites for hydroxylation is 1. The van der Waals surface area contributed by atoms with Crippen LogP contribution in [-0.2, 0) is 6.42 Å². The molecule has 2 aromatic rings. The van der Waals surface area contributed by atoms with Crippen LogP contribution in [-0.4, -0.2) is 54.6 Å². The lowest BCUT2D eigenvalue weighted by atomic mass is 10.1. The Morgan fingerprint density at radius 3 is 2.30 bits per heavy atom. The van der Waals surface area contributed by atoms with Gasteiger partial charge < -0.3 is 15.1 Å². The highest BCUT2D eigenvalue weighted by Gasteiger charge is 2.12. The maximum absolute atomic E-state index is 5.63. The van der Waals surface area contributed by atoms with E-state index in [1.165, 1.54) is 5.56 Å². The Labute approximate surface area is 199 Å². The van der Waals surface area contributed by atoms with Crippen LogP contribution < -0.4 is 10.6 Å². The first-order chi connectivity index (χ1) is 13.9. The SMILES string of the molecule is CN=C(NCCCN(C(C)C)C(C)C)NCCc1coc(-c2ccc(C)cc2)n1.I. The molecule has 30 heavy (non-hydrogen) atoms. The molecule has 0 atom stereocenters. The highest BCUT2D eigenvalue weighted by Crippen LogP contribution is 2.19. The van der Waals surface area contributed by atoms with Crippen molar-refractivity contribution in [2.45, 2.75) is 59.5 Å². The predicted octanol–water partition coefficient (Wildman–Crippen LogP) is 4.48. The standard InChI is InChI=1S/C23H37N5O.HI/c1-17(2)28(18(3)4)15-7-13-25-23(24-6)26-14-12-21-16-29-22(27-21)20-10-8-19(5)9-11-20;/h8-11,16-18H,7,12-15H2,1-6H3,(H2,24,25,26);1H. The monoisotopic (exact) mass is 527 g/mol. The van der Waals surface area contributed by atoms with Gasteiger partial charge in [0.1, 0.15) is 6.26 Å². The van der Waals surface area contributed by atoms with Crippen molar-refractivity contribution in [3.8, 4) is 11.5 Å². The number of hydrogen-bond donors (Lipinski definition) is 2. The fraction of sp³-hybridized carbons (Fsp3) is 0.565. The van der Waals surface area contributed by atoms with Gasteiger partial charge in [0, 0.05) is 50.7 Å². The Kier molecular flexibility index (Phi) is 12.0. The van der Waals surface area contributed by atoms with E-state index in [-0.39, 0.29) is 24.0 Å². The maximum Gasteiger partial charge on any atom is 0.226 e.